The molecule has 0 aliphatic heterocycles. The number of amides is 2. The molecule has 2 rings (SSSR count). The molecule has 0 atom stereocenters. The van der Waals surface area contributed by atoms with E-state index in [-0.39, 0.29) is 43.0 Å². The van der Waals surface area contributed by atoms with Crippen LogP contribution in [0.25, 0.3) is 0 Å². The zero-order chi connectivity index (χ0) is 15.9. The van der Waals surface area contributed by atoms with Gasteiger partial charge in [-0.15, -0.1) is 0 Å². The van der Waals surface area contributed by atoms with E-state index in [1.807, 2.05) is 0 Å². The molecular weight excluding hydrogens is 287 g/mol. The standard InChI is InChI=1S/C16H21FN2O3/c17-14-6-5-11(7-13(14)10-20)8-18-15(21)9-19-16(22)12-3-1-2-4-12/h5-7,12,20H,1-4,8-10H2,(H,18,21)(H,19,22). The van der Waals surface area contributed by atoms with Gasteiger partial charge in [0.25, 0.3) is 0 Å². The molecule has 1 aromatic carbocycles. The van der Waals surface area contributed by atoms with Crippen molar-refractivity contribution in [3.8, 4) is 0 Å². The number of benzene rings is 1. The zero-order valence-electron chi connectivity index (χ0n) is 12.4. The normalized spacial score (nSPS) is 14.8. The third kappa shape index (κ3) is 4.53. The van der Waals surface area contributed by atoms with Crippen molar-refractivity contribution >= 4 is 11.8 Å². The van der Waals surface area contributed by atoms with Crippen molar-refractivity contribution in [3.05, 3.63) is 35.1 Å². The van der Waals surface area contributed by atoms with Gasteiger partial charge in [0.1, 0.15) is 5.82 Å². The van der Waals surface area contributed by atoms with Gasteiger partial charge in [0.05, 0.1) is 13.2 Å². The third-order valence-electron chi connectivity index (χ3n) is 3.92. The van der Waals surface area contributed by atoms with E-state index >= 15 is 0 Å². The van der Waals surface area contributed by atoms with Crippen molar-refractivity contribution in [2.75, 3.05) is 6.54 Å². The number of hydrogen-bond acceptors (Lipinski definition) is 3. The van der Waals surface area contributed by atoms with Crippen LogP contribution in [0.4, 0.5) is 4.39 Å². The molecule has 22 heavy (non-hydrogen) atoms. The molecular formula is C16H21FN2O3. The number of carbonyl (C=O) groups is 2. The summed E-state index contributed by atoms with van der Waals surface area (Å²) < 4.78 is 13.2. The SMILES string of the molecule is O=C(CNC(=O)C1CCCC1)NCc1ccc(F)c(CO)c1. The number of rotatable bonds is 6. The molecule has 2 amide bonds. The van der Waals surface area contributed by atoms with E-state index in [0.29, 0.717) is 5.56 Å². The van der Waals surface area contributed by atoms with Gasteiger partial charge in [0.2, 0.25) is 11.8 Å². The van der Waals surface area contributed by atoms with Crippen LogP contribution < -0.4 is 10.6 Å². The van der Waals surface area contributed by atoms with Gasteiger partial charge in [0, 0.05) is 18.0 Å². The van der Waals surface area contributed by atoms with Gasteiger partial charge >= 0.3 is 0 Å². The lowest BCUT2D eigenvalue weighted by atomic mass is 10.1. The summed E-state index contributed by atoms with van der Waals surface area (Å²) >= 11 is 0. The monoisotopic (exact) mass is 308 g/mol. The molecule has 0 radical (unpaired) electrons. The Morgan fingerprint density at radius 1 is 1.23 bits per heavy atom. The molecule has 0 unspecified atom stereocenters. The number of nitrogens with one attached hydrogen (secondary N) is 2. The number of halogens is 1. The van der Waals surface area contributed by atoms with Crippen LogP contribution in [0.3, 0.4) is 0 Å². The molecule has 0 spiro atoms. The number of hydrogen-bond donors (Lipinski definition) is 3. The molecule has 0 bridgehead atoms. The van der Waals surface area contributed by atoms with E-state index in [1.165, 1.54) is 12.1 Å². The fourth-order valence-corrected chi connectivity index (χ4v) is 2.62. The molecule has 1 aromatic rings. The van der Waals surface area contributed by atoms with Gasteiger partial charge < -0.3 is 15.7 Å². The van der Waals surface area contributed by atoms with Crippen molar-refractivity contribution < 1.29 is 19.1 Å². The molecule has 0 aromatic heterocycles. The van der Waals surface area contributed by atoms with Crippen LogP contribution in [0.1, 0.15) is 36.8 Å². The van der Waals surface area contributed by atoms with Crippen LogP contribution in [0.2, 0.25) is 0 Å². The second-order valence-electron chi connectivity index (χ2n) is 5.56. The predicted molar refractivity (Wildman–Crippen MR) is 79.1 cm³/mol. The molecule has 0 heterocycles. The van der Waals surface area contributed by atoms with Crippen LogP contribution >= 0.6 is 0 Å². The van der Waals surface area contributed by atoms with Crippen LogP contribution in [0, 0.1) is 11.7 Å². The highest BCUT2D eigenvalue weighted by atomic mass is 19.1. The molecule has 1 aliphatic carbocycles. The first-order valence-corrected chi connectivity index (χ1v) is 7.52. The summed E-state index contributed by atoms with van der Waals surface area (Å²) in [7, 11) is 0. The lowest BCUT2D eigenvalue weighted by Crippen LogP contribution is -2.38. The zero-order valence-corrected chi connectivity index (χ0v) is 12.4. The van der Waals surface area contributed by atoms with Gasteiger partial charge in [0.15, 0.2) is 0 Å². The topological polar surface area (TPSA) is 78.4 Å². The smallest absolute Gasteiger partial charge is 0.239 e. The molecule has 3 N–H and O–H groups in total. The highest BCUT2D eigenvalue weighted by Crippen LogP contribution is 2.24. The van der Waals surface area contributed by atoms with Crippen molar-refractivity contribution in [2.24, 2.45) is 5.92 Å². The molecule has 120 valence electrons. The van der Waals surface area contributed by atoms with E-state index in [1.54, 1.807) is 6.07 Å². The third-order valence-corrected chi connectivity index (χ3v) is 3.92. The van der Waals surface area contributed by atoms with Crippen LogP contribution in [-0.4, -0.2) is 23.5 Å². The number of carbonyl (C=O) groups excluding carboxylic acids is 2. The maximum Gasteiger partial charge on any atom is 0.239 e. The maximum atomic E-state index is 13.2. The van der Waals surface area contributed by atoms with E-state index in [4.69, 9.17) is 5.11 Å². The number of aliphatic hydroxyl groups is 1. The first-order chi connectivity index (χ1) is 10.6. The highest BCUT2D eigenvalue weighted by Gasteiger charge is 2.22. The summed E-state index contributed by atoms with van der Waals surface area (Å²) in [6.07, 6.45) is 3.93. The van der Waals surface area contributed by atoms with Crippen molar-refractivity contribution in [1.29, 1.82) is 0 Å². The summed E-state index contributed by atoms with van der Waals surface area (Å²) in [5.74, 6) is -0.781. The van der Waals surface area contributed by atoms with Gasteiger partial charge in [-0.2, -0.15) is 0 Å². The van der Waals surface area contributed by atoms with Crippen LogP contribution in [-0.2, 0) is 22.7 Å². The predicted octanol–water partition coefficient (Wildman–Crippen LogP) is 1.24. The summed E-state index contributed by atoms with van der Waals surface area (Å²) in [5, 5.41) is 14.3. The minimum atomic E-state index is -0.471. The fourth-order valence-electron chi connectivity index (χ4n) is 2.62. The number of aliphatic hydroxyl groups excluding tert-OH is 1. The largest absolute Gasteiger partial charge is 0.392 e. The average molecular weight is 308 g/mol. The van der Waals surface area contributed by atoms with Gasteiger partial charge in [-0.3, -0.25) is 9.59 Å². The molecule has 1 saturated carbocycles. The Bertz CT molecular complexity index is 542. The van der Waals surface area contributed by atoms with Gasteiger partial charge in [-0.25, -0.2) is 4.39 Å². The van der Waals surface area contributed by atoms with Crippen LogP contribution in [0.15, 0.2) is 18.2 Å². The van der Waals surface area contributed by atoms with Crippen molar-refractivity contribution in [2.45, 2.75) is 38.8 Å². The van der Waals surface area contributed by atoms with Crippen molar-refractivity contribution in [1.82, 2.24) is 10.6 Å². The minimum absolute atomic E-state index is 0.0389. The Hall–Kier alpha value is -1.95. The summed E-state index contributed by atoms with van der Waals surface area (Å²) in [5.41, 5.74) is 0.891. The second-order valence-corrected chi connectivity index (χ2v) is 5.56. The fraction of sp³-hybridized carbons (Fsp3) is 0.500. The maximum absolute atomic E-state index is 13.2. The van der Waals surface area contributed by atoms with Gasteiger partial charge in [-0.05, 0) is 30.5 Å². The average Bonchev–Trinajstić information content (AvgIpc) is 3.06. The van der Waals surface area contributed by atoms with E-state index in [2.05, 4.69) is 10.6 Å². The Morgan fingerprint density at radius 2 is 1.95 bits per heavy atom. The molecule has 5 nitrogen and oxygen atoms in total. The van der Waals surface area contributed by atoms with E-state index < -0.39 is 5.82 Å². The Labute approximate surface area is 128 Å². The molecule has 1 aliphatic rings. The molecule has 1 fully saturated rings. The quantitative estimate of drug-likeness (QED) is 0.740. The Morgan fingerprint density at radius 3 is 2.64 bits per heavy atom. The summed E-state index contributed by atoms with van der Waals surface area (Å²) in [4.78, 5) is 23.5. The first kappa shape index (κ1) is 16.4. The van der Waals surface area contributed by atoms with Crippen molar-refractivity contribution in [3.63, 3.8) is 0 Å². The molecule has 6 heteroatoms. The van der Waals surface area contributed by atoms with Gasteiger partial charge in [-0.1, -0.05) is 18.9 Å². The molecule has 0 saturated heterocycles. The summed E-state index contributed by atoms with van der Waals surface area (Å²) in [6.45, 7) is -0.208. The highest BCUT2D eigenvalue weighted by molar-refractivity contribution is 5.85. The Kier molecular flexibility index (Phi) is 5.89. The first-order valence-electron chi connectivity index (χ1n) is 7.52. The minimum Gasteiger partial charge on any atom is -0.392 e. The van der Waals surface area contributed by atoms with E-state index in [0.717, 1.165) is 25.7 Å². The Balaban J connectivity index is 1.74. The summed E-state index contributed by atoms with van der Waals surface area (Å²) in [6, 6.07) is 4.31. The second kappa shape index (κ2) is 7.89. The lowest BCUT2D eigenvalue weighted by molar-refractivity contribution is -0.128. The van der Waals surface area contributed by atoms with E-state index in [9.17, 15) is 14.0 Å². The van der Waals surface area contributed by atoms with Crippen LogP contribution in [0.5, 0.6) is 0 Å². The lowest BCUT2D eigenvalue weighted by Gasteiger charge is -2.11.